The van der Waals surface area contributed by atoms with E-state index in [0.29, 0.717) is 28.6 Å². The van der Waals surface area contributed by atoms with Crippen molar-refractivity contribution >= 4 is 23.3 Å². The summed E-state index contributed by atoms with van der Waals surface area (Å²) >= 11 is 0. The summed E-state index contributed by atoms with van der Waals surface area (Å²) in [5.41, 5.74) is 0.775. The maximum atomic E-state index is 13.4. The van der Waals surface area contributed by atoms with Gasteiger partial charge in [-0.15, -0.1) is 0 Å². The highest BCUT2D eigenvalue weighted by atomic mass is 16.5. The molecule has 0 saturated carbocycles. The molecule has 9 heteroatoms. The molecule has 0 unspecified atom stereocenters. The second kappa shape index (κ2) is 10.4. The van der Waals surface area contributed by atoms with Gasteiger partial charge in [-0.05, 0) is 73.2 Å². The summed E-state index contributed by atoms with van der Waals surface area (Å²) < 4.78 is 17.6. The minimum atomic E-state index is -0.688. The number of pyridine rings is 1. The Morgan fingerprint density at radius 1 is 1.00 bits per heavy atom. The summed E-state index contributed by atoms with van der Waals surface area (Å²) in [6.07, 6.45) is 2.75. The molecule has 4 rings (SSSR count). The van der Waals surface area contributed by atoms with Crippen LogP contribution in [0, 0.1) is 18.3 Å². The van der Waals surface area contributed by atoms with Gasteiger partial charge in [0.15, 0.2) is 0 Å². The molecule has 180 valence electrons. The van der Waals surface area contributed by atoms with Gasteiger partial charge >= 0.3 is 0 Å². The fraction of sp³-hybridized carbons (Fsp3) is 0.111. The van der Waals surface area contributed by atoms with Gasteiger partial charge in [-0.1, -0.05) is 6.07 Å². The number of hydrogen-bond acceptors (Lipinski definition) is 7. The molecular weight excluding hydrogens is 460 g/mol. The fourth-order valence-electron chi connectivity index (χ4n) is 3.41. The largest absolute Gasteiger partial charge is 0.497 e. The first-order valence-corrected chi connectivity index (χ1v) is 10.8. The van der Waals surface area contributed by atoms with Gasteiger partial charge in [-0.25, -0.2) is 0 Å². The third kappa shape index (κ3) is 5.03. The third-order valence-electron chi connectivity index (χ3n) is 5.32. The summed E-state index contributed by atoms with van der Waals surface area (Å²) in [5, 5.41) is 12.4. The minimum absolute atomic E-state index is 0.0375. The number of nitriles is 1. The summed E-state index contributed by atoms with van der Waals surface area (Å²) in [6.45, 7) is 1.82. The Labute approximate surface area is 206 Å². The molecule has 2 aromatic heterocycles. The van der Waals surface area contributed by atoms with E-state index < -0.39 is 11.5 Å². The number of carbonyl (C=O) groups excluding carboxylic acids is 1. The maximum Gasteiger partial charge on any atom is 0.269 e. The highest BCUT2D eigenvalue weighted by Gasteiger charge is 2.18. The lowest BCUT2D eigenvalue weighted by Gasteiger charge is -2.12. The zero-order valence-corrected chi connectivity index (χ0v) is 19.8. The monoisotopic (exact) mass is 482 g/mol. The zero-order chi connectivity index (χ0) is 25.7. The van der Waals surface area contributed by atoms with Crippen LogP contribution in [-0.2, 0) is 4.79 Å². The summed E-state index contributed by atoms with van der Waals surface area (Å²) in [7, 11) is 3.08. The van der Waals surface area contributed by atoms with Crippen LogP contribution in [0.25, 0.3) is 11.7 Å². The molecule has 0 atom stereocenters. The number of hydrogen-bond donors (Lipinski definition) is 1. The Hall–Kier alpha value is -5.10. The van der Waals surface area contributed by atoms with Crippen LogP contribution < -0.4 is 25.1 Å². The minimum Gasteiger partial charge on any atom is -0.497 e. The van der Waals surface area contributed by atoms with E-state index in [1.54, 1.807) is 67.9 Å². The summed E-state index contributed by atoms with van der Waals surface area (Å²) in [4.78, 5) is 30.8. The molecule has 0 bridgehead atoms. The number of fused-ring (bicyclic) bond motifs is 1. The van der Waals surface area contributed by atoms with E-state index in [0.717, 1.165) is 5.56 Å². The van der Waals surface area contributed by atoms with Crippen LogP contribution in [0.4, 0.5) is 5.69 Å². The molecule has 1 N–H and O–H groups in total. The first kappa shape index (κ1) is 24.0. The quantitative estimate of drug-likeness (QED) is 0.307. The number of aryl methyl sites for hydroxylation is 1. The van der Waals surface area contributed by atoms with E-state index in [2.05, 4.69) is 10.3 Å². The maximum absolute atomic E-state index is 13.4. The number of benzene rings is 2. The van der Waals surface area contributed by atoms with Crippen LogP contribution >= 0.6 is 0 Å². The van der Waals surface area contributed by atoms with Crippen LogP contribution in [-0.4, -0.2) is 29.5 Å². The molecule has 0 fully saturated rings. The smallest absolute Gasteiger partial charge is 0.269 e. The average Bonchev–Trinajstić information content (AvgIpc) is 2.90. The Morgan fingerprint density at radius 2 is 1.61 bits per heavy atom. The number of nitrogens with one attached hydrogen (secondary N) is 1. The number of nitrogens with zero attached hydrogens (tertiary/aromatic N) is 3. The van der Waals surface area contributed by atoms with Crippen molar-refractivity contribution in [1.29, 1.82) is 5.26 Å². The number of ether oxygens (including phenoxy) is 3. The van der Waals surface area contributed by atoms with E-state index in [4.69, 9.17) is 14.2 Å². The van der Waals surface area contributed by atoms with Crippen molar-refractivity contribution < 1.29 is 19.0 Å². The van der Waals surface area contributed by atoms with E-state index in [1.807, 2.05) is 19.1 Å². The van der Waals surface area contributed by atoms with E-state index in [1.165, 1.54) is 17.6 Å². The van der Waals surface area contributed by atoms with Crippen molar-refractivity contribution in [3.05, 3.63) is 93.9 Å². The lowest BCUT2D eigenvalue weighted by atomic mass is 10.1. The van der Waals surface area contributed by atoms with E-state index in [9.17, 15) is 14.9 Å². The molecule has 1 amide bonds. The first-order valence-electron chi connectivity index (χ1n) is 10.8. The van der Waals surface area contributed by atoms with Crippen molar-refractivity contribution in [1.82, 2.24) is 9.38 Å². The molecule has 2 aromatic carbocycles. The van der Waals surface area contributed by atoms with Crippen LogP contribution in [0.15, 0.2) is 77.2 Å². The topological polar surface area (TPSA) is 115 Å². The molecule has 9 nitrogen and oxygen atoms in total. The van der Waals surface area contributed by atoms with Gasteiger partial charge in [0.1, 0.15) is 40.1 Å². The number of carbonyl (C=O) groups is 1. The van der Waals surface area contributed by atoms with Crippen molar-refractivity contribution in [3.63, 3.8) is 0 Å². The zero-order valence-electron chi connectivity index (χ0n) is 19.8. The highest BCUT2D eigenvalue weighted by Crippen LogP contribution is 2.26. The Kier molecular flexibility index (Phi) is 6.97. The van der Waals surface area contributed by atoms with E-state index >= 15 is 0 Å². The molecule has 2 heterocycles. The number of rotatable bonds is 7. The number of methoxy groups -OCH3 is 2. The van der Waals surface area contributed by atoms with Gasteiger partial charge in [0, 0.05) is 11.9 Å². The molecule has 0 aliphatic carbocycles. The normalized spacial score (nSPS) is 11.0. The van der Waals surface area contributed by atoms with E-state index in [-0.39, 0.29) is 17.0 Å². The van der Waals surface area contributed by atoms with Gasteiger partial charge in [0.05, 0.1) is 14.2 Å². The van der Waals surface area contributed by atoms with Gasteiger partial charge < -0.3 is 19.5 Å². The second-order valence-electron chi connectivity index (χ2n) is 7.65. The molecule has 0 saturated heterocycles. The molecule has 4 aromatic rings. The number of anilines is 1. The molecule has 0 aliphatic heterocycles. The molecule has 0 radical (unpaired) electrons. The third-order valence-corrected chi connectivity index (χ3v) is 5.32. The van der Waals surface area contributed by atoms with Gasteiger partial charge in [0.25, 0.3) is 11.5 Å². The lowest BCUT2D eigenvalue weighted by Crippen LogP contribution is -2.20. The second-order valence-corrected chi connectivity index (χ2v) is 7.65. The SMILES string of the molecule is COc1ccc(NC(=O)/C(C#N)=C/c2c(Oc3ccc(OC)cc3)nc3c(C)cccn3c2=O)cc1. The molecule has 0 aliphatic rings. The molecule has 36 heavy (non-hydrogen) atoms. The van der Waals surface area contributed by atoms with Crippen molar-refractivity contribution in [2.75, 3.05) is 19.5 Å². The van der Waals surface area contributed by atoms with Crippen LogP contribution in [0.2, 0.25) is 0 Å². The molecular formula is C27H22N4O5. The van der Waals surface area contributed by atoms with Gasteiger partial charge in [-0.3, -0.25) is 14.0 Å². The number of amides is 1. The van der Waals surface area contributed by atoms with Crippen LogP contribution in [0.3, 0.4) is 0 Å². The first-order chi connectivity index (χ1) is 17.4. The Morgan fingerprint density at radius 3 is 2.22 bits per heavy atom. The molecule has 0 spiro atoms. The average molecular weight is 482 g/mol. The lowest BCUT2D eigenvalue weighted by molar-refractivity contribution is -0.112. The Balaban J connectivity index is 1.78. The van der Waals surface area contributed by atoms with Crippen molar-refractivity contribution in [2.45, 2.75) is 6.92 Å². The van der Waals surface area contributed by atoms with Crippen LogP contribution in [0.1, 0.15) is 11.1 Å². The highest BCUT2D eigenvalue weighted by molar-refractivity contribution is 6.09. The van der Waals surface area contributed by atoms with Gasteiger partial charge in [-0.2, -0.15) is 10.2 Å². The van der Waals surface area contributed by atoms with Crippen molar-refractivity contribution in [2.24, 2.45) is 0 Å². The standard InChI is InChI=1S/C27H22N4O5/c1-17-5-4-14-31-24(17)30-26(36-22-12-10-21(35-3)11-13-22)23(27(31)33)15-18(16-28)25(32)29-19-6-8-20(34-2)9-7-19/h4-15H,1-3H3,(H,29,32)/b18-15+. The fourth-order valence-corrected chi connectivity index (χ4v) is 3.41. The Bertz CT molecular complexity index is 1550. The van der Waals surface area contributed by atoms with Gasteiger partial charge in [0.2, 0.25) is 5.88 Å². The van der Waals surface area contributed by atoms with Crippen molar-refractivity contribution in [3.8, 4) is 29.2 Å². The summed E-state index contributed by atoms with van der Waals surface area (Å²) in [6, 6.07) is 18.7. The predicted octanol–water partition coefficient (Wildman–Crippen LogP) is 4.36. The number of aromatic nitrogens is 2. The predicted molar refractivity (Wildman–Crippen MR) is 134 cm³/mol. The van der Waals surface area contributed by atoms with Crippen LogP contribution in [0.5, 0.6) is 23.1 Å². The summed E-state index contributed by atoms with van der Waals surface area (Å²) in [5.74, 6) is 0.925.